The molecule has 22 heavy (non-hydrogen) atoms. The maximum Gasteiger partial charge on any atom is 0.220 e. The molecule has 1 unspecified atom stereocenters. The van der Waals surface area contributed by atoms with Gasteiger partial charge in [0.2, 0.25) is 5.91 Å². The number of rotatable bonds is 6. The van der Waals surface area contributed by atoms with Crippen molar-refractivity contribution in [3.63, 3.8) is 0 Å². The minimum atomic E-state index is -0.00385. The number of fused-ring (bicyclic) bond motifs is 1. The zero-order valence-electron chi connectivity index (χ0n) is 13.7. The predicted octanol–water partition coefficient (Wildman–Crippen LogP) is 1.33. The predicted molar refractivity (Wildman–Crippen MR) is 84.8 cm³/mol. The molecule has 0 saturated carbocycles. The smallest absolute Gasteiger partial charge is 0.220 e. The van der Waals surface area contributed by atoms with Gasteiger partial charge in [0.05, 0.1) is 5.69 Å². The molecule has 1 atom stereocenters. The van der Waals surface area contributed by atoms with Crippen molar-refractivity contribution in [1.29, 1.82) is 0 Å². The first-order valence-electron chi connectivity index (χ1n) is 7.62. The van der Waals surface area contributed by atoms with Gasteiger partial charge in [0, 0.05) is 37.0 Å². The van der Waals surface area contributed by atoms with E-state index in [1.807, 2.05) is 38.3 Å². The molecule has 6 nitrogen and oxygen atoms in total. The molecule has 0 fully saturated rings. The van der Waals surface area contributed by atoms with Crippen LogP contribution in [0.2, 0.25) is 0 Å². The first kappa shape index (κ1) is 16.4. The van der Waals surface area contributed by atoms with E-state index in [0.29, 0.717) is 19.4 Å². The van der Waals surface area contributed by atoms with Gasteiger partial charge in [-0.05, 0) is 38.7 Å². The molecule has 2 N–H and O–H groups in total. The number of amides is 1. The highest BCUT2D eigenvalue weighted by atomic mass is 16.3. The van der Waals surface area contributed by atoms with Crippen LogP contribution < -0.4 is 5.32 Å². The Labute approximate surface area is 130 Å². The average molecular weight is 304 g/mol. The highest BCUT2D eigenvalue weighted by molar-refractivity contribution is 5.76. The fourth-order valence-electron chi connectivity index (χ4n) is 2.48. The lowest BCUT2D eigenvalue weighted by atomic mass is 10.1. The van der Waals surface area contributed by atoms with Crippen molar-refractivity contribution in [1.82, 2.24) is 19.9 Å². The zero-order valence-corrected chi connectivity index (χ0v) is 13.7. The van der Waals surface area contributed by atoms with Gasteiger partial charge < -0.3 is 10.4 Å². The minimum Gasteiger partial charge on any atom is -0.396 e. The number of aliphatic hydroxyl groups excluding tert-OH is 1. The Hall–Kier alpha value is -1.95. The summed E-state index contributed by atoms with van der Waals surface area (Å²) in [5.41, 5.74) is 4.83. The van der Waals surface area contributed by atoms with Crippen LogP contribution in [0.15, 0.2) is 6.07 Å². The monoisotopic (exact) mass is 304 g/mol. The summed E-state index contributed by atoms with van der Waals surface area (Å²) in [6, 6.07) is 1.95. The van der Waals surface area contributed by atoms with E-state index in [-0.39, 0.29) is 18.4 Å². The summed E-state index contributed by atoms with van der Waals surface area (Å²) in [4.78, 5) is 16.4. The third-order valence-corrected chi connectivity index (χ3v) is 3.85. The summed E-state index contributed by atoms with van der Waals surface area (Å²) in [6.07, 6.45) is 1.05. The SMILES string of the molecule is Cc1cc2nc(C)c(CCC(=O)NCC(C)CO)c(C)n2n1. The van der Waals surface area contributed by atoms with E-state index in [9.17, 15) is 4.79 Å². The molecule has 0 radical (unpaired) electrons. The van der Waals surface area contributed by atoms with Crippen LogP contribution in [0.4, 0.5) is 0 Å². The van der Waals surface area contributed by atoms with Crippen molar-refractivity contribution in [3.05, 3.63) is 28.7 Å². The third kappa shape index (κ3) is 3.62. The standard InChI is InChI=1S/C16H24N4O2/c1-10(9-21)8-17-16(22)6-5-14-12(3)18-15-7-11(2)19-20(15)13(14)4/h7,10,21H,5-6,8-9H2,1-4H3,(H,17,22). The first-order chi connectivity index (χ1) is 10.4. The van der Waals surface area contributed by atoms with Crippen LogP contribution in [0.25, 0.3) is 5.65 Å². The van der Waals surface area contributed by atoms with Crippen LogP contribution in [0.3, 0.4) is 0 Å². The first-order valence-corrected chi connectivity index (χ1v) is 7.62. The molecule has 0 spiro atoms. The molecule has 2 aromatic heterocycles. The Balaban J connectivity index is 2.06. The molecular weight excluding hydrogens is 280 g/mol. The second kappa shape index (κ2) is 6.87. The second-order valence-corrected chi connectivity index (χ2v) is 5.91. The van der Waals surface area contributed by atoms with E-state index in [4.69, 9.17) is 5.11 Å². The number of nitrogens with one attached hydrogen (secondary N) is 1. The molecule has 2 aromatic rings. The Morgan fingerprint density at radius 3 is 2.82 bits per heavy atom. The number of aromatic nitrogens is 3. The molecule has 2 rings (SSSR count). The third-order valence-electron chi connectivity index (χ3n) is 3.85. The van der Waals surface area contributed by atoms with Gasteiger partial charge in [-0.15, -0.1) is 0 Å². The lowest BCUT2D eigenvalue weighted by Gasteiger charge is -2.12. The highest BCUT2D eigenvalue weighted by Crippen LogP contribution is 2.16. The molecule has 1 amide bonds. The van der Waals surface area contributed by atoms with Crippen molar-refractivity contribution in [3.8, 4) is 0 Å². The van der Waals surface area contributed by atoms with Crippen LogP contribution in [-0.4, -0.2) is 38.8 Å². The van der Waals surface area contributed by atoms with Crippen LogP contribution in [0.1, 0.15) is 36.0 Å². The maximum atomic E-state index is 11.9. The Bertz CT molecular complexity index is 678. The molecule has 6 heteroatoms. The fourth-order valence-corrected chi connectivity index (χ4v) is 2.48. The van der Waals surface area contributed by atoms with E-state index < -0.39 is 0 Å². The summed E-state index contributed by atoms with van der Waals surface area (Å²) >= 11 is 0. The quantitative estimate of drug-likeness (QED) is 0.844. The number of carbonyl (C=O) groups is 1. The molecule has 2 heterocycles. The van der Waals surface area contributed by atoms with Crippen molar-refractivity contribution >= 4 is 11.6 Å². The maximum absolute atomic E-state index is 11.9. The largest absolute Gasteiger partial charge is 0.396 e. The molecule has 0 bridgehead atoms. The van der Waals surface area contributed by atoms with E-state index in [0.717, 1.165) is 28.3 Å². The Morgan fingerprint density at radius 2 is 2.14 bits per heavy atom. The van der Waals surface area contributed by atoms with Crippen LogP contribution >= 0.6 is 0 Å². The Kier molecular flexibility index (Phi) is 5.13. The van der Waals surface area contributed by atoms with Gasteiger partial charge in [-0.3, -0.25) is 4.79 Å². The topological polar surface area (TPSA) is 79.5 Å². The van der Waals surface area contributed by atoms with E-state index >= 15 is 0 Å². The van der Waals surface area contributed by atoms with Gasteiger partial charge in [-0.25, -0.2) is 9.50 Å². The van der Waals surface area contributed by atoms with Crippen molar-refractivity contribution < 1.29 is 9.90 Å². The van der Waals surface area contributed by atoms with Gasteiger partial charge in [-0.2, -0.15) is 5.10 Å². The van der Waals surface area contributed by atoms with Crippen molar-refractivity contribution in [2.75, 3.05) is 13.2 Å². The minimum absolute atomic E-state index is 0.00385. The van der Waals surface area contributed by atoms with Crippen molar-refractivity contribution in [2.24, 2.45) is 5.92 Å². The summed E-state index contributed by atoms with van der Waals surface area (Å²) in [6.45, 7) is 8.40. The Morgan fingerprint density at radius 1 is 1.41 bits per heavy atom. The van der Waals surface area contributed by atoms with Gasteiger partial charge in [0.15, 0.2) is 5.65 Å². The molecule has 0 aromatic carbocycles. The number of hydrogen-bond acceptors (Lipinski definition) is 4. The molecular formula is C16H24N4O2. The zero-order chi connectivity index (χ0) is 16.3. The van der Waals surface area contributed by atoms with Gasteiger partial charge in [-0.1, -0.05) is 6.92 Å². The van der Waals surface area contributed by atoms with Gasteiger partial charge in [0.25, 0.3) is 0 Å². The number of carbonyl (C=O) groups excluding carboxylic acids is 1. The van der Waals surface area contributed by atoms with Crippen LogP contribution in [0, 0.1) is 26.7 Å². The number of nitrogens with zero attached hydrogens (tertiary/aromatic N) is 3. The molecule has 0 aliphatic carbocycles. The molecule has 0 aliphatic rings. The normalized spacial score (nSPS) is 12.6. The lowest BCUT2D eigenvalue weighted by Crippen LogP contribution is -2.29. The van der Waals surface area contributed by atoms with Crippen LogP contribution in [0.5, 0.6) is 0 Å². The summed E-state index contributed by atoms with van der Waals surface area (Å²) in [5, 5.41) is 16.2. The number of aryl methyl sites for hydroxylation is 3. The summed E-state index contributed by atoms with van der Waals surface area (Å²) in [7, 11) is 0. The van der Waals surface area contributed by atoms with Gasteiger partial charge >= 0.3 is 0 Å². The van der Waals surface area contributed by atoms with E-state index in [1.54, 1.807) is 0 Å². The number of aliphatic hydroxyl groups is 1. The van der Waals surface area contributed by atoms with E-state index in [2.05, 4.69) is 15.4 Å². The fraction of sp³-hybridized carbons (Fsp3) is 0.562. The van der Waals surface area contributed by atoms with Crippen molar-refractivity contribution in [2.45, 2.75) is 40.5 Å². The summed E-state index contributed by atoms with van der Waals surface area (Å²) in [5.74, 6) is 0.0772. The second-order valence-electron chi connectivity index (χ2n) is 5.91. The van der Waals surface area contributed by atoms with Crippen LogP contribution in [-0.2, 0) is 11.2 Å². The molecule has 0 aliphatic heterocycles. The van der Waals surface area contributed by atoms with Gasteiger partial charge in [0.1, 0.15) is 0 Å². The number of hydrogen-bond donors (Lipinski definition) is 2. The molecule has 120 valence electrons. The van der Waals surface area contributed by atoms with E-state index in [1.165, 1.54) is 0 Å². The summed E-state index contributed by atoms with van der Waals surface area (Å²) < 4.78 is 1.84. The lowest BCUT2D eigenvalue weighted by molar-refractivity contribution is -0.121. The average Bonchev–Trinajstić information content (AvgIpc) is 2.85. The highest BCUT2D eigenvalue weighted by Gasteiger charge is 2.13. The molecule has 0 saturated heterocycles.